The van der Waals surface area contributed by atoms with Crippen molar-refractivity contribution in [1.29, 1.82) is 0 Å². The quantitative estimate of drug-likeness (QED) is 0.541. The number of rotatable bonds is 2. The van der Waals surface area contributed by atoms with Crippen molar-refractivity contribution < 1.29 is 8.81 Å². The van der Waals surface area contributed by atoms with E-state index in [0.717, 1.165) is 9.86 Å². The summed E-state index contributed by atoms with van der Waals surface area (Å²) in [5, 5.41) is 4.47. The molecule has 1 N–H and O–H groups in total. The number of halogens is 2. The molecule has 0 aliphatic rings. The highest BCUT2D eigenvalue weighted by molar-refractivity contribution is 9.10. The van der Waals surface area contributed by atoms with E-state index in [-0.39, 0.29) is 5.82 Å². The Morgan fingerprint density at radius 3 is 2.88 bits per heavy atom. The number of anilines is 1. The van der Waals surface area contributed by atoms with Gasteiger partial charge in [0.1, 0.15) is 17.2 Å². The SMILES string of the molecule is CNc1nc(=O)n(-c2cccc(F)c2C)c2cc(Br)c3ccoc3c12. The molecular formula is C18H13BrFN3O2. The lowest BCUT2D eigenvalue weighted by molar-refractivity contribution is 0.616. The summed E-state index contributed by atoms with van der Waals surface area (Å²) >= 11 is 3.52. The predicted octanol–water partition coefficient (Wildman–Crippen LogP) is 4.38. The highest BCUT2D eigenvalue weighted by Gasteiger charge is 2.19. The average molecular weight is 402 g/mol. The van der Waals surface area contributed by atoms with Gasteiger partial charge in [0, 0.05) is 22.5 Å². The second-order valence-corrected chi connectivity index (χ2v) is 6.48. The van der Waals surface area contributed by atoms with E-state index in [1.165, 1.54) is 10.6 Å². The highest BCUT2D eigenvalue weighted by Crippen LogP contribution is 2.36. The van der Waals surface area contributed by atoms with Gasteiger partial charge in [-0.3, -0.25) is 4.57 Å². The van der Waals surface area contributed by atoms with Gasteiger partial charge in [0.2, 0.25) is 0 Å². The number of nitrogens with one attached hydrogen (secondary N) is 1. The number of fused-ring (bicyclic) bond motifs is 3. The fourth-order valence-corrected chi connectivity index (χ4v) is 3.57. The van der Waals surface area contributed by atoms with E-state index in [4.69, 9.17) is 4.42 Å². The molecule has 25 heavy (non-hydrogen) atoms. The van der Waals surface area contributed by atoms with Gasteiger partial charge in [-0.2, -0.15) is 4.98 Å². The van der Waals surface area contributed by atoms with Crippen molar-refractivity contribution in [3.05, 3.63) is 62.9 Å². The van der Waals surface area contributed by atoms with E-state index in [0.29, 0.717) is 33.6 Å². The first-order chi connectivity index (χ1) is 12.0. The standard InChI is InChI=1S/C18H13BrFN3O2/c1-9-12(20)4-3-5-13(9)23-14-8-11(19)10-6-7-25-16(10)15(14)17(21-2)22-18(23)24/h3-8H,1-2H3,(H,21,22,24). The normalized spacial score (nSPS) is 11.4. The van der Waals surface area contributed by atoms with Crippen LogP contribution in [0, 0.1) is 12.7 Å². The number of aromatic nitrogens is 2. The second kappa shape index (κ2) is 5.70. The van der Waals surface area contributed by atoms with Crippen LogP contribution < -0.4 is 11.0 Å². The van der Waals surface area contributed by atoms with E-state index in [1.807, 2.05) is 12.1 Å². The first-order valence-electron chi connectivity index (χ1n) is 7.58. The fraction of sp³-hybridized carbons (Fsp3) is 0.111. The molecule has 2 aromatic carbocycles. The van der Waals surface area contributed by atoms with Crippen LogP contribution >= 0.6 is 15.9 Å². The molecule has 2 aromatic heterocycles. The van der Waals surface area contributed by atoms with Gasteiger partial charge in [-0.1, -0.05) is 6.07 Å². The topological polar surface area (TPSA) is 60.1 Å². The van der Waals surface area contributed by atoms with Gasteiger partial charge in [0.15, 0.2) is 0 Å². The van der Waals surface area contributed by atoms with Crippen molar-refractivity contribution in [3.8, 4) is 5.69 Å². The van der Waals surface area contributed by atoms with Crippen molar-refractivity contribution in [3.63, 3.8) is 0 Å². The molecule has 2 heterocycles. The Bertz CT molecular complexity index is 1200. The number of hydrogen-bond acceptors (Lipinski definition) is 4. The zero-order valence-corrected chi connectivity index (χ0v) is 15.0. The zero-order valence-electron chi connectivity index (χ0n) is 13.4. The Morgan fingerprint density at radius 2 is 2.12 bits per heavy atom. The molecule has 0 radical (unpaired) electrons. The van der Waals surface area contributed by atoms with E-state index in [9.17, 15) is 9.18 Å². The van der Waals surface area contributed by atoms with Gasteiger partial charge in [-0.15, -0.1) is 0 Å². The van der Waals surface area contributed by atoms with Crippen molar-refractivity contribution in [2.75, 3.05) is 12.4 Å². The summed E-state index contributed by atoms with van der Waals surface area (Å²) < 4.78 is 21.9. The van der Waals surface area contributed by atoms with Gasteiger partial charge in [0.25, 0.3) is 0 Å². The number of benzene rings is 2. The molecule has 4 aromatic rings. The predicted molar refractivity (Wildman–Crippen MR) is 99.1 cm³/mol. The minimum atomic E-state index is -0.497. The molecule has 5 nitrogen and oxygen atoms in total. The smallest absolute Gasteiger partial charge is 0.354 e. The van der Waals surface area contributed by atoms with Crippen LogP contribution in [0.4, 0.5) is 10.2 Å². The molecule has 0 atom stereocenters. The average Bonchev–Trinajstić information content (AvgIpc) is 3.07. The number of nitrogens with zero attached hydrogens (tertiary/aromatic N) is 2. The van der Waals surface area contributed by atoms with Crippen molar-refractivity contribution in [1.82, 2.24) is 9.55 Å². The van der Waals surface area contributed by atoms with Crippen LogP contribution in [0.1, 0.15) is 5.56 Å². The lowest BCUT2D eigenvalue weighted by Gasteiger charge is -2.15. The molecular weight excluding hydrogens is 389 g/mol. The summed E-state index contributed by atoms with van der Waals surface area (Å²) in [6.45, 7) is 1.63. The maximum absolute atomic E-state index is 14.0. The van der Waals surface area contributed by atoms with Gasteiger partial charge in [0.05, 0.1) is 22.9 Å². The molecule has 0 saturated carbocycles. The minimum absolute atomic E-state index is 0.376. The molecule has 0 amide bonds. The van der Waals surface area contributed by atoms with Crippen LogP contribution in [0.5, 0.6) is 0 Å². The second-order valence-electron chi connectivity index (χ2n) is 5.63. The van der Waals surface area contributed by atoms with Crippen molar-refractivity contribution in [2.45, 2.75) is 6.92 Å². The third kappa shape index (κ3) is 2.26. The monoisotopic (exact) mass is 401 g/mol. The Balaban J connectivity index is 2.26. The van der Waals surface area contributed by atoms with Gasteiger partial charge >= 0.3 is 5.69 Å². The lowest BCUT2D eigenvalue weighted by atomic mass is 10.1. The molecule has 0 aliphatic carbocycles. The first-order valence-corrected chi connectivity index (χ1v) is 8.38. The fourth-order valence-electron chi connectivity index (χ4n) is 3.04. The minimum Gasteiger partial charge on any atom is -0.463 e. The van der Waals surface area contributed by atoms with E-state index in [2.05, 4.69) is 26.2 Å². The maximum atomic E-state index is 14.0. The van der Waals surface area contributed by atoms with Crippen LogP contribution in [0.15, 0.2) is 50.3 Å². The summed E-state index contributed by atoms with van der Waals surface area (Å²) in [5.41, 5.74) is 1.50. The summed E-state index contributed by atoms with van der Waals surface area (Å²) in [4.78, 5) is 16.8. The third-order valence-electron chi connectivity index (χ3n) is 4.26. The molecule has 0 saturated heterocycles. The van der Waals surface area contributed by atoms with Crippen LogP contribution in [0.25, 0.3) is 27.6 Å². The van der Waals surface area contributed by atoms with Crippen LogP contribution in [0.3, 0.4) is 0 Å². The third-order valence-corrected chi connectivity index (χ3v) is 4.92. The molecule has 7 heteroatoms. The Kier molecular flexibility index (Phi) is 3.61. The van der Waals surface area contributed by atoms with E-state index in [1.54, 1.807) is 32.4 Å². The molecule has 0 spiro atoms. The molecule has 0 fully saturated rings. The van der Waals surface area contributed by atoms with Crippen LogP contribution in [-0.4, -0.2) is 16.6 Å². The van der Waals surface area contributed by atoms with Crippen molar-refractivity contribution >= 4 is 43.6 Å². The zero-order chi connectivity index (χ0) is 17.7. The van der Waals surface area contributed by atoms with Gasteiger partial charge in [-0.05, 0) is 47.1 Å². The van der Waals surface area contributed by atoms with Crippen molar-refractivity contribution in [2.24, 2.45) is 0 Å². The molecule has 0 bridgehead atoms. The van der Waals surface area contributed by atoms with Crippen LogP contribution in [-0.2, 0) is 0 Å². The van der Waals surface area contributed by atoms with E-state index >= 15 is 0 Å². The Labute approximate surface area is 150 Å². The summed E-state index contributed by atoms with van der Waals surface area (Å²) in [6.07, 6.45) is 1.58. The molecule has 0 unspecified atom stereocenters. The summed E-state index contributed by atoms with van der Waals surface area (Å²) in [6, 6.07) is 8.29. The molecule has 4 rings (SSSR count). The van der Waals surface area contributed by atoms with E-state index < -0.39 is 5.69 Å². The number of furan rings is 1. The first kappa shape index (κ1) is 15.8. The summed E-state index contributed by atoms with van der Waals surface area (Å²) in [5.74, 6) is 0.0335. The van der Waals surface area contributed by atoms with Gasteiger partial charge in [-0.25, -0.2) is 9.18 Å². The Morgan fingerprint density at radius 1 is 1.32 bits per heavy atom. The van der Waals surface area contributed by atoms with Crippen LogP contribution in [0.2, 0.25) is 0 Å². The largest absolute Gasteiger partial charge is 0.463 e. The number of hydrogen-bond donors (Lipinski definition) is 1. The highest BCUT2D eigenvalue weighted by atomic mass is 79.9. The maximum Gasteiger partial charge on any atom is 0.354 e. The summed E-state index contributed by atoms with van der Waals surface area (Å²) in [7, 11) is 1.69. The molecule has 0 aliphatic heterocycles. The van der Waals surface area contributed by atoms with Gasteiger partial charge < -0.3 is 9.73 Å². The molecule has 126 valence electrons. The Hall–Kier alpha value is -2.67. The lowest BCUT2D eigenvalue weighted by Crippen LogP contribution is -2.24.